The molecule has 2 aliphatic rings. The molecule has 1 amide bonds. The zero-order chi connectivity index (χ0) is 23.1. The van der Waals surface area contributed by atoms with Crippen molar-refractivity contribution in [2.75, 3.05) is 6.61 Å². The minimum atomic E-state index is -0.480. The van der Waals surface area contributed by atoms with Gasteiger partial charge in [0.05, 0.1) is 12.7 Å². The van der Waals surface area contributed by atoms with E-state index in [9.17, 15) is 9.90 Å². The van der Waals surface area contributed by atoms with Crippen LogP contribution >= 0.6 is 11.9 Å². The van der Waals surface area contributed by atoms with Crippen LogP contribution in [0.1, 0.15) is 55.1 Å². The average molecular weight is 450 g/mol. The molecule has 4 nitrogen and oxygen atoms in total. The number of carbonyl (C=O) groups excluding carboxylic acids is 1. The first-order chi connectivity index (χ1) is 15.4. The van der Waals surface area contributed by atoms with Crippen molar-refractivity contribution in [3.8, 4) is 16.9 Å². The lowest BCUT2D eigenvalue weighted by molar-refractivity contribution is 0.0984. The summed E-state index contributed by atoms with van der Waals surface area (Å²) in [6, 6.07) is 13.3. The van der Waals surface area contributed by atoms with Crippen molar-refractivity contribution >= 4 is 17.9 Å². The number of aliphatic hydroxyl groups excluding tert-OH is 1. The number of hydrogen-bond donors (Lipinski definition) is 2. The fourth-order valence-electron chi connectivity index (χ4n) is 3.23. The molecule has 2 N–H and O–H groups in total. The van der Waals surface area contributed by atoms with Crippen molar-refractivity contribution < 1.29 is 14.6 Å². The van der Waals surface area contributed by atoms with Gasteiger partial charge in [-0.05, 0) is 61.9 Å². The fourth-order valence-corrected chi connectivity index (χ4v) is 3.98. The highest BCUT2D eigenvalue weighted by atomic mass is 32.2. The van der Waals surface area contributed by atoms with Crippen molar-refractivity contribution in [1.29, 1.82) is 0 Å². The summed E-state index contributed by atoms with van der Waals surface area (Å²) in [5.74, 6) is 0.624. The Bertz CT molecular complexity index is 1020. The molecular formula is C27H31NO3S. The quantitative estimate of drug-likeness (QED) is 0.395. The fraction of sp³-hybridized carbons (Fsp3) is 0.296. The highest BCUT2D eigenvalue weighted by molar-refractivity contribution is 7.99. The van der Waals surface area contributed by atoms with Gasteiger partial charge in [0.15, 0.2) is 0 Å². The molecular weight excluding hydrogens is 418 g/mol. The first kappa shape index (κ1) is 23.9. The van der Waals surface area contributed by atoms with E-state index in [4.69, 9.17) is 4.74 Å². The molecule has 1 saturated carbocycles. The molecule has 2 aromatic rings. The van der Waals surface area contributed by atoms with E-state index in [-0.39, 0.29) is 10.7 Å². The predicted molar refractivity (Wildman–Crippen MR) is 134 cm³/mol. The van der Waals surface area contributed by atoms with Gasteiger partial charge in [-0.15, -0.1) is 0 Å². The van der Waals surface area contributed by atoms with Crippen LogP contribution < -0.4 is 9.46 Å². The number of aliphatic hydroxyl groups is 1. The number of ether oxygens (including phenoxy) is 1. The SMILES string of the molecule is C=C/C=C(/C)C=C.CC1(SNC(=O)c2ccccc2-c2ccc3c(c2)OCC[C@@H]3O)CC1. The number of allylic oxidation sites excluding steroid dienone is 4. The summed E-state index contributed by atoms with van der Waals surface area (Å²) in [7, 11) is 0. The van der Waals surface area contributed by atoms with Crippen LogP contribution in [0.5, 0.6) is 5.75 Å². The first-order valence-corrected chi connectivity index (χ1v) is 11.6. The summed E-state index contributed by atoms with van der Waals surface area (Å²) in [5.41, 5.74) is 4.40. The first-order valence-electron chi connectivity index (χ1n) is 10.8. The van der Waals surface area contributed by atoms with E-state index < -0.39 is 6.10 Å². The maximum Gasteiger partial charge on any atom is 0.261 e. The molecule has 1 aliphatic heterocycles. The Kier molecular flexibility index (Phi) is 7.99. The topological polar surface area (TPSA) is 58.6 Å². The van der Waals surface area contributed by atoms with Crippen molar-refractivity contribution in [2.45, 2.75) is 44.0 Å². The summed E-state index contributed by atoms with van der Waals surface area (Å²) in [6.07, 6.45) is 7.87. The number of hydrogen-bond acceptors (Lipinski definition) is 4. The molecule has 4 rings (SSSR count). The predicted octanol–water partition coefficient (Wildman–Crippen LogP) is 6.40. The van der Waals surface area contributed by atoms with Crippen molar-refractivity contribution in [3.63, 3.8) is 0 Å². The van der Waals surface area contributed by atoms with E-state index in [1.807, 2.05) is 55.5 Å². The Hall–Kier alpha value is -2.76. The summed E-state index contributed by atoms with van der Waals surface area (Å²) < 4.78 is 8.87. The zero-order valence-corrected chi connectivity index (χ0v) is 19.6. The second kappa shape index (κ2) is 10.7. The van der Waals surface area contributed by atoms with Crippen LogP contribution in [0.4, 0.5) is 0 Å². The molecule has 32 heavy (non-hydrogen) atoms. The maximum absolute atomic E-state index is 12.7. The third-order valence-corrected chi connectivity index (χ3v) is 6.74. The number of fused-ring (bicyclic) bond motifs is 1. The van der Waals surface area contributed by atoms with Gasteiger partial charge in [-0.1, -0.05) is 67.3 Å². The van der Waals surface area contributed by atoms with E-state index in [2.05, 4.69) is 24.8 Å². The molecule has 2 aromatic carbocycles. The number of nitrogens with one attached hydrogen (secondary N) is 1. The lowest BCUT2D eigenvalue weighted by atomic mass is 9.95. The molecule has 1 heterocycles. The molecule has 0 unspecified atom stereocenters. The van der Waals surface area contributed by atoms with Gasteiger partial charge in [0, 0.05) is 22.3 Å². The molecule has 1 atom stereocenters. The highest BCUT2D eigenvalue weighted by Gasteiger charge is 2.39. The van der Waals surface area contributed by atoms with Crippen LogP contribution in [0.2, 0.25) is 0 Å². The standard InChI is InChI=1S/C20H21NO3S.C7H10/c1-20(9-10-20)25-21-19(23)15-5-3-2-4-14(15)13-6-7-16-17(22)8-11-24-18(16)12-13;1-4-6-7(3)5-2/h2-7,12,17,22H,8-11H2,1H3,(H,21,23);4-6H,1-2H2,3H3/b;7-6-/t17-;/m0./s1. The highest BCUT2D eigenvalue weighted by Crippen LogP contribution is 2.46. The Balaban J connectivity index is 0.000000360. The average Bonchev–Trinajstić information content (AvgIpc) is 3.55. The lowest BCUT2D eigenvalue weighted by Crippen LogP contribution is -2.20. The van der Waals surface area contributed by atoms with Gasteiger partial charge in [0.2, 0.25) is 0 Å². The lowest BCUT2D eigenvalue weighted by Gasteiger charge is -2.23. The molecule has 0 spiro atoms. The van der Waals surface area contributed by atoms with Gasteiger partial charge in [-0.3, -0.25) is 9.52 Å². The van der Waals surface area contributed by atoms with E-state index in [0.29, 0.717) is 24.3 Å². The second-order valence-corrected chi connectivity index (χ2v) is 9.68. The molecule has 1 fully saturated rings. The molecule has 168 valence electrons. The Labute approximate surface area is 195 Å². The normalized spacial score (nSPS) is 18.2. The van der Waals surface area contributed by atoms with Crippen LogP contribution in [0.25, 0.3) is 11.1 Å². The van der Waals surface area contributed by atoms with Gasteiger partial charge in [-0.25, -0.2) is 0 Å². The second-order valence-electron chi connectivity index (χ2n) is 8.28. The van der Waals surface area contributed by atoms with Gasteiger partial charge in [0.25, 0.3) is 5.91 Å². The van der Waals surface area contributed by atoms with Crippen molar-refractivity contribution in [2.24, 2.45) is 0 Å². The van der Waals surface area contributed by atoms with Crippen molar-refractivity contribution in [1.82, 2.24) is 4.72 Å². The molecule has 0 aromatic heterocycles. The minimum Gasteiger partial charge on any atom is -0.493 e. The number of amides is 1. The Morgan fingerprint density at radius 3 is 2.66 bits per heavy atom. The monoisotopic (exact) mass is 449 g/mol. The smallest absolute Gasteiger partial charge is 0.261 e. The number of rotatable bonds is 6. The van der Waals surface area contributed by atoms with Gasteiger partial charge < -0.3 is 9.84 Å². The molecule has 5 heteroatoms. The van der Waals surface area contributed by atoms with Crippen LogP contribution in [-0.4, -0.2) is 22.4 Å². The van der Waals surface area contributed by atoms with E-state index in [0.717, 1.165) is 35.1 Å². The molecule has 0 radical (unpaired) electrons. The summed E-state index contributed by atoms with van der Waals surface area (Å²) in [5, 5.41) is 10.1. The third-order valence-electron chi connectivity index (χ3n) is 5.55. The Morgan fingerprint density at radius 2 is 2.00 bits per heavy atom. The van der Waals surface area contributed by atoms with Crippen molar-refractivity contribution in [3.05, 3.63) is 90.6 Å². The number of benzene rings is 2. The van der Waals surface area contributed by atoms with Crippen LogP contribution in [0.15, 0.2) is 79.4 Å². The summed E-state index contributed by atoms with van der Waals surface area (Å²) in [4.78, 5) is 12.7. The van der Waals surface area contributed by atoms with E-state index in [1.165, 1.54) is 11.9 Å². The largest absolute Gasteiger partial charge is 0.493 e. The van der Waals surface area contributed by atoms with Crippen LogP contribution in [0, 0.1) is 0 Å². The molecule has 1 aliphatic carbocycles. The van der Waals surface area contributed by atoms with Gasteiger partial charge >= 0.3 is 0 Å². The van der Waals surface area contributed by atoms with E-state index in [1.54, 1.807) is 12.2 Å². The van der Waals surface area contributed by atoms with Crippen LogP contribution in [0.3, 0.4) is 0 Å². The minimum absolute atomic E-state index is 0.0765. The zero-order valence-electron chi connectivity index (χ0n) is 18.8. The Morgan fingerprint density at radius 1 is 1.25 bits per heavy atom. The van der Waals surface area contributed by atoms with Gasteiger partial charge in [-0.2, -0.15) is 0 Å². The van der Waals surface area contributed by atoms with E-state index >= 15 is 0 Å². The maximum atomic E-state index is 12.7. The molecule has 0 bridgehead atoms. The summed E-state index contributed by atoms with van der Waals surface area (Å²) in [6.45, 7) is 11.7. The summed E-state index contributed by atoms with van der Waals surface area (Å²) >= 11 is 1.52. The van der Waals surface area contributed by atoms with Gasteiger partial charge in [0.1, 0.15) is 5.75 Å². The number of carbonyl (C=O) groups is 1. The molecule has 0 saturated heterocycles. The third kappa shape index (κ3) is 6.15. The van der Waals surface area contributed by atoms with Crippen LogP contribution in [-0.2, 0) is 0 Å².